The molecule has 0 amide bonds. The van der Waals surface area contributed by atoms with Crippen LogP contribution >= 0.6 is 23.4 Å². The molecule has 2 N–H and O–H groups in total. The first-order chi connectivity index (χ1) is 7.88. The SMILES string of the molecule is CSc1ccc(C(Cl)C(C)C)cc1.O=C(O)O. The van der Waals surface area contributed by atoms with E-state index < -0.39 is 6.16 Å². The van der Waals surface area contributed by atoms with Crippen molar-refractivity contribution in [1.29, 1.82) is 0 Å². The van der Waals surface area contributed by atoms with E-state index >= 15 is 0 Å². The lowest BCUT2D eigenvalue weighted by atomic mass is 10.0. The molecule has 1 rings (SSSR count). The Morgan fingerprint density at radius 2 is 1.65 bits per heavy atom. The number of thioether (sulfide) groups is 1. The maximum atomic E-state index is 8.56. The average Bonchev–Trinajstić information content (AvgIpc) is 2.27. The number of alkyl halides is 1. The molecule has 1 aromatic rings. The molecule has 3 nitrogen and oxygen atoms in total. The van der Waals surface area contributed by atoms with Crippen molar-refractivity contribution in [3.63, 3.8) is 0 Å². The van der Waals surface area contributed by atoms with E-state index in [-0.39, 0.29) is 5.38 Å². The first kappa shape index (κ1) is 16.1. The number of halogens is 1. The van der Waals surface area contributed by atoms with Crippen LogP contribution < -0.4 is 0 Å². The Balaban J connectivity index is 0.000000557. The van der Waals surface area contributed by atoms with Crippen molar-refractivity contribution in [2.75, 3.05) is 6.26 Å². The second-order valence-electron chi connectivity index (χ2n) is 3.70. The van der Waals surface area contributed by atoms with Crippen LogP contribution in [0.25, 0.3) is 0 Å². The summed E-state index contributed by atoms with van der Waals surface area (Å²) in [6, 6.07) is 8.47. The monoisotopic (exact) mass is 276 g/mol. The molecule has 96 valence electrons. The highest BCUT2D eigenvalue weighted by molar-refractivity contribution is 7.98. The van der Waals surface area contributed by atoms with Gasteiger partial charge in [0.1, 0.15) is 0 Å². The van der Waals surface area contributed by atoms with Crippen LogP contribution in [0.2, 0.25) is 0 Å². The molecular weight excluding hydrogens is 260 g/mol. The Morgan fingerprint density at radius 1 is 1.24 bits per heavy atom. The first-order valence-electron chi connectivity index (χ1n) is 5.08. The zero-order valence-electron chi connectivity index (χ0n) is 10.1. The smallest absolute Gasteiger partial charge is 0.450 e. The van der Waals surface area contributed by atoms with Crippen molar-refractivity contribution in [2.45, 2.75) is 24.1 Å². The number of benzene rings is 1. The van der Waals surface area contributed by atoms with Crippen LogP contribution in [0.5, 0.6) is 0 Å². The number of carbonyl (C=O) groups is 1. The van der Waals surface area contributed by atoms with Gasteiger partial charge in [-0.2, -0.15) is 0 Å². The van der Waals surface area contributed by atoms with Gasteiger partial charge in [0.05, 0.1) is 5.38 Å². The summed E-state index contributed by atoms with van der Waals surface area (Å²) in [7, 11) is 0. The minimum absolute atomic E-state index is 0.135. The lowest BCUT2D eigenvalue weighted by molar-refractivity contribution is 0.137. The van der Waals surface area contributed by atoms with Gasteiger partial charge in [-0.15, -0.1) is 23.4 Å². The van der Waals surface area contributed by atoms with Gasteiger partial charge < -0.3 is 10.2 Å². The van der Waals surface area contributed by atoms with E-state index in [0.29, 0.717) is 5.92 Å². The van der Waals surface area contributed by atoms with Gasteiger partial charge in [0, 0.05) is 4.90 Å². The molecule has 1 aromatic carbocycles. The maximum absolute atomic E-state index is 8.56. The molecule has 0 saturated carbocycles. The number of rotatable bonds is 3. The summed E-state index contributed by atoms with van der Waals surface area (Å²) in [5, 5.41) is 14.1. The van der Waals surface area contributed by atoms with Crippen LogP contribution in [0, 0.1) is 5.92 Å². The first-order valence-corrected chi connectivity index (χ1v) is 6.74. The summed E-state index contributed by atoms with van der Waals surface area (Å²) < 4.78 is 0. The predicted octanol–water partition coefficient (Wildman–Crippen LogP) is 4.57. The molecule has 0 fully saturated rings. The molecule has 5 heteroatoms. The molecule has 1 atom stereocenters. The van der Waals surface area contributed by atoms with Crippen LogP contribution in [0.3, 0.4) is 0 Å². The van der Waals surface area contributed by atoms with Crippen molar-refractivity contribution in [1.82, 2.24) is 0 Å². The van der Waals surface area contributed by atoms with Crippen molar-refractivity contribution in [3.8, 4) is 0 Å². The largest absolute Gasteiger partial charge is 0.503 e. The van der Waals surface area contributed by atoms with Crippen molar-refractivity contribution < 1.29 is 15.0 Å². The molecule has 0 aliphatic carbocycles. The third kappa shape index (κ3) is 7.13. The van der Waals surface area contributed by atoms with Crippen LogP contribution in [-0.2, 0) is 0 Å². The van der Waals surface area contributed by atoms with Crippen molar-refractivity contribution in [3.05, 3.63) is 29.8 Å². The van der Waals surface area contributed by atoms with Crippen molar-refractivity contribution in [2.24, 2.45) is 5.92 Å². The summed E-state index contributed by atoms with van der Waals surface area (Å²) >= 11 is 7.98. The summed E-state index contributed by atoms with van der Waals surface area (Å²) in [5.41, 5.74) is 1.22. The molecule has 0 aromatic heterocycles. The van der Waals surface area contributed by atoms with Gasteiger partial charge in [0.25, 0.3) is 0 Å². The molecule has 0 saturated heterocycles. The fraction of sp³-hybridized carbons (Fsp3) is 0.417. The van der Waals surface area contributed by atoms with E-state index in [1.807, 2.05) is 0 Å². The summed E-state index contributed by atoms with van der Waals surface area (Å²) in [4.78, 5) is 9.84. The zero-order valence-corrected chi connectivity index (χ0v) is 11.6. The molecule has 17 heavy (non-hydrogen) atoms. The topological polar surface area (TPSA) is 57.5 Å². The van der Waals surface area contributed by atoms with E-state index in [2.05, 4.69) is 44.4 Å². The minimum atomic E-state index is -1.83. The van der Waals surface area contributed by atoms with Gasteiger partial charge in [0.15, 0.2) is 0 Å². The third-order valence-corrected chi connectivity index (χ3v) is 3.52. The molecule has 0 heterocycles. The minimum Gasteiger partial charge on any atom is -0.450 e. The fourth-order valence-electron chi connectivity index (χ4n) is 1.17. The van der Waals surface area contributed by atoms with Gasteiger partial charge in [0.2, 0.25) is 0 Å². The van der Waals surface area contributed by atoms with Crippen LogP contribution in [0.1, 0.15) is 24.8 Å². The second kappa shape index (κ2) is 8.25. The molecular formula is C12H17ClO3S. The van der Waals surface area contributed by atoms with E-state index in [0.717, 1.165) is 0 Å². The highest BCUT2D eigenvalue weighted by Crippen LogP contribution is 2.29. The fourth-order valence-corrected chi connectivity index (χ4v) is 1.73. The number of carboxylic acid groups (broad SMARTS) is 2. The Labute approximate surface area is 111 Å². The van der Waals surface area contributed by atoms with Crippen molar-refractivity contribution >= 4 is 29.5 Å². The standard InChI is InChI=1S/C11H15ClS.CH2O3/c1-8(2)11(12)9-4-6-10(13-3)7-5-9;2-1(3)4/h4-8,11H,1-3H3;(H2,2,3,4). The number of hydrogen-bond donors (Lipinski definition) is 2. The summed E-state index contributed by atoms with van der Waals surface area (Å²) in [6.07, 6.45) is 0.246. The van der Waals surface area contributed by atoms with Crippen LogP contribution in [0.4, 0.5) is 4.79 Å². The van der Waals surface area contributed by atoms with Gasteiger partial charge >= 0.3 is 6.16 Å². The maximum Gasteiger partial charge on any atom is 0.503 e. The van der Waals surface area contributed by atoms with Gasteiger partial charge in [-0.25, -0.2) is 4.79 Å². The predicted molar refractivity (Wildman–Crippen MR) is 72.3 cm³/mol. The van der Waals surface area contributed by atoms with Gasteiger partial charge in [-0.3, -0.25) is 0 Å². The lowest BCUT2D eigenvalue weighted by Gasteiger charge is -2.13. The van der Waals surface area contributed by atoms with Gasteiger partial charge in [-0.05, 0) is 29.9 Å². The van der Waals surface area contributed by atoms with E-state index in [1.54, 1.807) is 11.8 Å². The Kier molecular flexibility index (Phi) is 7.83. The molecule has 0 aliphatic heterocycles. The van der Waals surface area contributed by atoms with Gasteiger partial charge in [-0.1, -0.05) is 26.0 Å². The molecule has 0 bridgehead atoms. The van der Waals surface area contributed by atoms with E-state index in [9.17, 15) is 0 Å². The van der Waals surface area contributed by atoms with Crippen LogP contribution in [-0.4, -0.2) is 22.6 Å². The normalized spacial score (nSPS) is 11.6. The molecule has 0 spiro atoms. The highest BCUT2D eigenvalue weighted by Gasteiger charge is 2.11. The van der Waals surface area contributed by atoms with Crippen LogP contribution in [0.15, 0.2) is 29.2 Å². The summed E-state index contributed by atoms with van der Waals surface area (Å²) in [6.45, 7) is 4.28. The van der Waals surface area contributed by atoms with E-state index in [4.69, 9.17) is 26.6 Å². The van der Waals surface area contributed by atoms with E-state index in [1.165, 1.54) is 10.5 Å². The number of hydrogen-bond acceptors (Lipinski definition) is 2. The second-order valence-corrected chi connectivity index (χ2v) is 5.05. The quantitative estimate of drug-likeness (QED) is 0.627. The Morgan fingerprint density at radius 3 is 1.94 bits per heavy atom. The zero-order chi connectivity index (χ0) is 13.4. The Bertz CT molecular complexity index is 334. The summed E-state index contributed by atoms with van der Waals surface area (Å²) in [5.74, 6) is 0.488. The highest BCUT2D eigenvalue weighted by atomic mass is 35.5. The molecule has 1 unspecified atom stereocenters. The molecule has 0 aliphatic rings. The average molecular weight is 277 g/mol. The third-order valence-electron chi connectivity index (χ3n) is 2.02. The molecule has 0 radical (unpaired) electrons. The lowest BCUT2D eigenvalue weighted by Crippen LogP contribution is -1.98. The Hall–Kier alpha value is -0.870.